The molecule has 114 valence electrons. The van der Waals surface area contributed by atoms with E-state index in [9.17, 15) is 0 Å². The van der Waals surface area contributed by atoms with Gasteiger partial charge in [0.2, 0.25) is 0 Å². The lowest BCUT2D eigenvalue weighted by Gasteiger charge is -2.20. The fraction of sp³-hybridized carbons (Fsp3) is 0.684. The van der Waals surface area contributed by atoms with Gasteiger partial charge < -0.3 is 5.32 Å². The number of benzene rings is 1. The first-order chi connectivity index (χ1) is 9.16. The third kappa shape index (κ3) is 8.37. The minimum Gasteiger partial charge on any atom is -0.308 e. The van der Waals surface area contributed by atoms with E-state index in [-0.39, 0.29) is 5.54 Å². The molecule has 1 rings (SSSR count). The molecule has 0 radical (unpaired) electrons. The van der Waals surface area contributed by atoms with Gasteiger partial charge in [-0.15, -0.1) is 0 Å². The molecule has 20 heavy (non-hydrogen) atoms. The summed E-state index contributed by atoms with van der Waals surface area (Å²) < 4.78 is 0. The molecule has 0 bridgehead atoms. The molecule has 0 aliphatic heterocycles. The Morgan fingerprint density at radius 1 is 0.800 bits per heavy atom. The highest BCUT2D eigenvalue weighted by Gasteiger charge is 2.09. The van der Waals surface area contributed by atoms with Crippen LogP contribution in [0.15, 0.2) is 24.3 Å². The van der Waals surface area contributed by atoms with Crippen molar-refractivity contribution in [3.05, 3.63) is 35.4 Å². The largest absolute Gasteiger partial charge is 0.308 e. The molecule has 0 unspecified atom stereocenters. The van der Waals surface area contributed by atoms with Crippen molar-refractivity contribution in [1.82, 2.24) is 5.32 Å². The minimum atomic E-state index is 0.186. The highest BCUT2D eigenvalue weighted by atomic mass is 14.9. The molecule has 0 aromatic heterocycles. The third-order valence-corrected chi connectivity index (χ3v) is 3.49. The van der Waals surface area contributed by atoms with E-state index in [0.717, 1.165) is 6.54 Å². The van der Waals surface area contributed by atoms with Crippen molar-refractivity contribution in [2.45, 2.75) is 79.3 Å². The first kappa shape index (κ1) is 17.2. The van der Waals surface area contributed by atoms with Gasteiger partial charge in [-0.1, -0.05) is 51.5 Å². The standard InChI is InChI=1S/C19H33N/c1-18(2,3)14-8-7-9-16-10-12-17(13-11-16)15-20-19(4,5)6/h10-13,20H,7-9,14-15H2,1-6H3. The molecule has 0 aliphatic rings. The van der Waals surface area contributed by atoms with Gasteiger partial charge in [-0.25, -0.2) is 0 Å². The van der Waals surface area contributed by atoms with Crippen molar-refractivity contribution in [2.24, 2.45) is 5.41 Å². The van der Waals surface area contributed by atoms with E-state index < -0.39 is 0 Å². The predicted molar refractivity (Wildman–Crippen MR) is 90.0 cm³/mol. The van der Waals surface area contributed by atoms with Gasteiger partial charge in [0, 0.05) is 12.1 Å². The van der Waals surface area contributed by atoms with Gasteiger partial charge in [0.05, 0.1) is 0 Å². The minimum absolute atomic E-state index is 0.186. The van der Waals surface area contributed by atoms with Crippen LogP contribution in [0.4, 0.5) is 0 Å². The quantitative estimate of drug-likeness (QED) is 0.692. The lowest BCUT2D eigenvalue weighted by atomic mass is 9.89. The summed E-state index contributed by atoms with van der Waals surface area (Å²) in [4.78, 5) is 0. The second-order valence-electron chi connectivity index (χ2n) is 8.19. The van der Waals surface area contributed by atoms with E-state index in [0.29, 0.717) is 5.41 Å². The number of nitrogens with one attached hydrogen (secondary N) is 1. The molecule has 0 atom stereocenters. The summed E-state index contributed by atoms with van der Waals surface area (Å²) >= 11 is 0. The van der Waals surface area contributed by atoms with E-state index in [1.54, 1.807) is 0 Å². The van der Waals surface area contributed by atoms with E-state index in [2.05, 4.69) is 71.1 Å². The molecule has 1 heteroatoms. The molecule has 0 spiro atoms. The van der Waals surface area contributed by atoms with Crippen molar-refractivity contribution < 1.29 is 0 Å². The molecule has 0 fully saturated rings. The molecule has 0 saturated carbocycles. The molecular formula is C19H33N. The summed E-state index contributed by atoms with van der Waals surface area (Å²) in [5.74, 6) is 0. The van der Waals surface area contributed by atoms with Crippen LogP contribution in [-0.2, 0) is 13.0 Å². The maximum absolute atomic E-state index is 3.53. The van der Waals surface area contributed by atoms with Gasteiger partial charge >= 0.3 is 0 Å². The van der Waals surface area contributed by atoms with E-state index in [4.69, 9.17) is 0 Å². The molecule has 0 aliphatic carbocycles. The summed E-state index contributed by atoms with van der Waals surface area (Å²) in [6.45, 7) is 14.5. The maximum Gasteiger partial charge on any atom is 0.0210 e. The lowest BCUT2D eigenvalue weighted by Crippen LogP contribution is -2.35. The lowest BCUT2D eigenvalue weighted by molar-refractivity contribution is 0.360. The molecule has 1 nitrogen and oxygen atoms in total. The number of rotatable bonds is 6. The fourth-order valence-corrected chi connectivity index (χ4v) is 2.18. The van der Waals surface area contributed by atoms with Crippen LogP contribution < -0.4 is 5.32 Å². The van der Waals surface area contributed by atoms with Crippen LogP contribution in [0, 0.1) is 5.41 Å². The van der Waals surface area contributed by atoms with Gasteiger partial charge in [-0.3, -0.25) is 0 Å². The Morgan fingerprint density at radius 3 is 1.85 bits per heavy atom. The molecule has 0 amide bonds. The first-order valence-corrected chi connectivity index (χ1v) is 7.99. The van der Waals surface area contributed by atoms with Gasteiger partial charge in [0.25, 0.3) is 0 Å². The zero-order valence-electron chi connectivity index (χ0n) is 14.3. The number of hydrogen-bond donors (Lipinski definition) is 1. The Hall–Kier alpha value is -0.820. The summed E-state index contributed by atoms with van der Waals surface area (Å²) in [5, 5.41) is 3.53. The van der Waals surface area contributed by atoms with Crippen LogP contribution in [0.25, 0.3) is 0 Å². The van der Waals surface area contributed by atoms with Crippen molar-refractivity contribution in [1.29, 1.82) is 0 Å². The van der Waals surface area contributed by atoms with Crippen LogP contribution in [-0.4, -0.2) is 5.54 Å². The molecule has 1 aromatic rings. The van der Waals surface area contributed by atoms with Crippen molar-refractivity contribution in [2.75, 3.05) is 0 Å². The highest BCUT2D eigenvalue weighted by Crippen LogP contribution is 2.22. The Kier molecular flexibility index (Phi) is 6.26. The van der Waals surface area contributed by atoms with Gasteiger partial charge in [-0.05, 0) is 56.6 Å². The Labute approximate surface area is 126 Å². The summed E-state index contributed by atoms with van der Waals surface area (Å²) in [6.07, 6.45) is 5.16. The second kappa shape index (κ2) is 7.26. The second-order valence-corrected chi connectivity index (χ2v) is 8.19. The average molecular weight is 275 g/mol. The number of hydrogen-bond acceptors (Lipinski definition) is 1. The summed E-state index contributed by atoms with van der Waals surface area (Å²) in [6, 6.07) is 9.10. The van der Waals surface area contributed by atoms with Crippen LogP contribution in [0.1, 0.15) is 71.9 Å². The monoisotopic (exact) mass is 275 g/mol. The zero-order chi connectivity index (χ0) is 15.2. The van der Waals surface area contributed by atoms with Crippen LogP contribution in [0.3, 0.4) is 0 Å². The van der Waals surface area contributed by atoms with E-state index in [1.165, 1.54) is 36.8 Å². The Balaban J connectivity index is 2.32. The summed E-state index contributed by atoms with van der Waals surface area (Å²) in [7, 11) is 0. The predicted octanol–water partition coefficient (Wildman–Crippen LogP) is 5.33. The van der Waals surface area contributed by atoms with Gasteiger partial charge in [0.1, 0.15) is 0 Å². The zero-order valence-corrected chi connectivity index (χ0v) is 14.3. The molecule has 0 saturated heterocycles. The van der Waals surface area contributed by atoms with Gasteiger partial charge in [0.15, 0.2) is 0 Å². The molecule has 1 aromatic carbocycles. The normalized spacial score (nSPS) is 12.7. The molecule has 1 N–H and O–H groups in total. The number of aryl methyl sites for hydroxylation is 1. The fourth-order valence-electron chi connectivity index (χ4n) is 2.18. The molecular weight excluding hydrogens is 242 g/mol. The van der Waals surface area contributed by atoms with Crippen LogP contribution in [0.2, 0.25) is 0 Å². The van der Waals surface area contributed by atoms with Crippen molar-refractivity contribution >= 4 is 0 Å². The average Bonchev–Trinajstić information content (AvgIpc) is 2.31. The summed E-state index contributed by atoms with van der Waals surface area (Å²) in [5.41, 5.74) is 3.51. The smallest absolute Gasteiger partial charge is 0.0210 e. The maximum atomic E-state index is 3.53. The molecule has 0 heterocycles. The number of unbranched alkanes of at least 4 members (excludes halogenated alkanes) is 1. The highest BCUT2D eigenvalue weighted by molar-refractivity contribution is 5.22. The Bertz CT molecular complexity index is 376. The van der Waals surface area contributed by atoms with Crippen molar-refractivity contribution in [3.8, 4) is 0 Å². The SMILES string of the molecule is CC(C)(C)CCCCc1ccc(CNC(C)(C)C)cc1. The topological polar surface area (TPSA) is 12.0 Å². The van der Waals surface area contributed by atoms with Crippen LogP contribution >= 0.6 is 0 Å². The van der Waals surface area contributed by atoms with E-state index in [1.807, 2.05) is 0 Å². The van der Waals surface area contributed by atoms with Crippen LogP contribution in [0.5, 0.6) is 0 Å². The third-order valence-electron chi connectivity index (χ3n) is 3.49. The Morgan fingerprint density at radius 2 is 1.35 bits per heavy atom. The van der Waals surface area contributed by atoms with E-state index >= 15 is 0 Å². The van der Waals surface area contributed by atoms with Crippen molar-refractivity contribution in [3.63, 3.8) is 0 Å². The van der Waals surface area contributed by atoms with Gasteiger partial charge in [-0.2, -0.15) is 0 Å². The first-order valence-electron chi connectivity index (χ1n) is 7.99.